The smallest absolute Gasteiger partial charge is 0.410 e. The maximum atomic E-state index is 12.1. The fraction of sp³-hybridized carbons (Fsp3) is 0.524. The highest BCUT2D eigenvalue weighted by atomic mass is 35.5. The van der Waals surface area contributed by atoms with Crippen LogP contribution in [0.5, 0.6) is 5.75 Å². The molecule has 0 bridgehead atoms. The van der Waals surface area contributed by atoms with E-state index in [0.29, 0.717) is 36.5 Å². The van der Waals surface area contributed by atoms with Crippen LogP contribution in [0, 0.1) is 6.92 Å². The lowest BCUT2D eigenvalue weighted by Crippen LogP contribution is -2.50. The van der Waals surface area contributed by atoms with E-state index in [4.69, 9.17) is 9.47 Å². The van der Waals surface area contributed by atoms with Crippen LogP contribution < -0.4 is 4.74 Å². The van der Waals surface area contributed by atoms with Gasteiger partial charge in [0, 0.05) is 49.3 Å². The number of aryl methyl sites for hydroxylation is 1. The molecule has 0 spiro atoms. The van der Waals surface area contributed by atoms with Gasteiger partial charge in [-0.05, 0) is 45.9 Å². The van der Waals surface area contributed by atoms with Crippen LogP contribution in [0.4, 0.5) is 4.79 Å². The third-order valence-corrected chi connectivity index (χ3v) is 4.87. The molecular formula is C21H30ClN3O5. The average molecular weight is 440 g/mol. The number of carboxylic acid groups (broad SMARTS) is 1. The summed E-state index contributed by atoms with van der Waals surface area (Å²) in [6.07, 6.45) is -0.266. The maximum absolute atomic E-state index is 12.1. The van der Waals surface area contributed by atoms with Crippen LogP contribution >= 0.6 is 12.4 Å². The van der Waals surface area contributed by atoms with Gasteiger partial charge >= 0.3 is 12.1 Å². The number of carbonyl (C=O) groups excluding carboxylic acids is 1. The highest BCUT2D eigenvalue weighted by Gasteiger charge is 2.25. The Labute approximate surface area is 182 Å². The lowest BCUT2D eigenvalue weighted by Gasteiger charge is -2.35. The molecule has 0 radical (unpaired) electrons. The summed E-state index contributed by atoms with van der Waals surface area (Å²) in [7, 11) is 0. The highest BCUT2D eigenvalue weighted by Crippen LogP contribution is 2.26. The Morgan fingerprint density at radius 3 is 2.43 bits per heavy atom. The molecule has 1 fully saturated rings. The Morgan fingerprint density at radius 2 is 1.83 bits per heavy atom. The van der Waals surface area contributed by atoms with Gasteiger partial charge in [-0.3, -0.25) is 4.90 Å². The van der Waals surface area contributed by atoms with Gasteiger partial charge in [0.15, 0.2) is 0 Å². The lowest BCUT2D eigenvalue weighted by atomic mass is 10.1. The largest absolute Gasteiger partial charge is 0.492 e. The number of hydrogen-bond donors (Lipinski definition) is 2. The number of nitrogens with one attached hydrogen (secondary N) is 1. The third kappa shape index (κ3) is 5.79. The highest BCUT2D eigenvalue weighted by molar-refractivity contribution is 6.05. The fourth-order valence-corrected chi connectivity index (χ4v) is 3.44. The van der Waals surface area contributed by atoms with Gasteiger partial charge in [-0.1, -0.05) is 0 Å². The lowest BCUT2D eigenvalue weighted by molar-refractivity contribution is 0.0137. The van der Waals surface area contributed by atoms with Gasteiger partial charge in [0.05, 0.1) is 5.56 Å². The first kappa shape index (κ1) is 23.8. The number of fused-ring (bicyclic) bond motifs is 1. The fourth-order valence-electron chi connectivity index (χ4n) is 3.44. The molecule has 8 nitrogen and oxygen atoms in total. The van der Waals surface area contributed by atoms with Crippen molar-refractivity contribution in [2.45, 2.75) is 33.3 Å². The zero-order valence-corrected chi connectivity index (χ0v) is 18.7. The second-order valence-electron chi connectivity index (χ2n) is 8.30. The number of rotatable bonds is 5. The third-order valence-electron chi connectivity index (χ3n) is 4.87. The van der Waals surface area contributed by atoms with Crippen LogP contribution in [0.2, 0.25) is 0 Å². The standard InChI is InChI=1S/C21H29N3O5.ClH/c1-14-18(19(25)26)16-13-15(5-6-17(16)22-14)28-12-11-23-7-9-24(10-8-23)20(27)29-21(2,3)4;/h5-6,13,22H,7-12H2,1-4H3,(H,25,26);1H. The number of aromatic amines is 1. The molecule has 30 heavy (non-hydrogen) atoms. The molecule has 0 atom stereocenters. The van der Waals surface area contributed by atoms with Crippen LogP contribution in [0.15, 0.2) is 18.2 Å². The average Bonchev–Trinajstić information content (AvgIpc) is 2.96. The minimum atomic E-state index is -0.950. The second-order valence-corrected chi connectivity index (χ2v) is 8.30. The molecule has 1 amide bonds. The van der Waals surface area contributed by atoms with E-state index in [1.54, 1.807) is 17.9 Å². The van der Waals surface area contributed by atoms with E-state index in [9.17, 15) is 14.7 Å². The Morgan fingerprint density at radius 1 is 1.17 bits per heavy atom. The Balaban J connectivity index is 0.00000320. The normalized spacial score (nSPS) is 15.0. The first-order valence-electron chi connectivity index (χ1n) is 9.83. The summed E-state index contributed by atoms with van der Waals surface area (Å²) in [6, 6.07) is 5.44. The van der Waals surface area contributed by atoms with E-state index >= 15 is 0 Å². The van der Waals surface area contributed by atoms with Crippen LogP contribution in [0.3, 0.4) is 0 Å². The molecule has 9 heteroatoms. The van der Waals surface area contributed by atoms with Crippen molar-refractivity contribution in [3.8, 4) is 5.75 Å². The Bertz CT molecular complexity index is 898. The van der Waals surface area contributed by atoms with Crippen molar-refractivity contribution in [1.82, 2.24) is 14.8 Å². The number of nitrogens with zero attached hydrogens (tertiary/aromatic N) is 2. The van der Waals surface area contributed by atoms with Crippen molar-refractivity contribution in [2.24, 2.45) is 0 Å². The first-order valence-corrected chi connectivity index (χ1v) is 9.83. The number of halogens is 1. The predicted octanol–water partition coefficient (Wildman–Crippen LogP) is 3.53. The molecule has 2 aromatic rings. The molecule has 0 aliphatic carbocycles. The topological polar surface area (TPSA) is 95.1 Å². The molecule has 0 saturated carbocycles. The quantitative estimate of drug-likeness (QED) is 0.740. The van der Waals surface area contributed by atoms with Crippen LogP contribution in [-0.2, 0) is 4.74 Å². The molecule has 1 aliphatic rings. The number of piperazine rings is 1. The van der Waals surface area contributed by atoms with Crippen LogP contribution in [-0.4, -0.2) is 76.9 Å². The van der Waals surface area contributed by atoms with Gasteiger partial charge in [-0.25, -0.2) is 9.59 Å². The molecule has 1 aromatic heterocycles. The van der Waals surface area contributed by atoms with Crippen molar-refractivity contribution in [1.29, 1.82) is 0 Å². The van der Waals surface area contributed by atoms with Gasteiger partial charge in [0.1, 0.15) is 18.0 Å². The van der Waals surface area contributed by atoms with Gasteiger partial charge in [0.25, 0.3) is 0 Å². The number of aromatic carboxylic acids is 1. The van der Waals surface area contributed by atoms with E-state index in [0.717, 1.165) is 25.2 Å². The second kappa shape index (κ2) is 9.57. The van der Waals surface area contributed by atoms with Gasteiger partial charge in [0.2, 0.25) is 0 Å². The Hall–Kier alpha value is -2.45. The molecule has 2 N–H and O–H groups in total. The number of amides is 1. The number of carboxylic acids is 1. The summed E-state index contributed by atoms with van der Waals surface area (Å²) in [5, 5.41) is 10.1. The summed E-state index contributed by atoms with van der Waals surface area (Å²) in [5.41, 5.74) is 1.21. The van der Waals surface area contributed by atoms with Crippen molar-refractivity contribution in [3.05, 3.63) is 29.5 Å². The molecule has 2 heterocycles. The Kier molecular flexibility index (Phi) is 7.60. The number of ether oxygens (including phenoxy) is 2. The van der Waals surface area contributed by atoms with Crippen LogP contribution in [0.25, 0.3) is 10.9 Å². The molecule has 1 aromatic carbocycles. The minimum absolute atomic E-state index is 0. The van der Waals surface area contributed by atoms with E-state index < -0.39 is 11.6 Å². The zero-order chi connectivity index (χ0) is 21.2. The van der Waals surface area contributed by atoms with E-state index in [-0.39, 0.29) is 24.1 Å². The monoisotopic (exact) mass is 439 g/mol. The number of carbonyl (C=O) groups is 2. The summed E-state index contributed by atoms with van der Waals surface area (Å²) in [5.74, 6) is -0.305. The molecule has 166 valence electrons. The SMILES string of the molecule is Cc1[nH]c2ccc(OCCN3CCN(C(=O)OC(C)(C)C)CC3)cc2c1C(=O)O.Cl. The van der Waals surface area contributed by atoms with Crippen molar-refractivity contribution in [3.63, 3.8) is 0 Å². The first-order chi connectivity index (χ1) is 13.6. The van der Waals surface area contributed by atoms with E-state index in [2.05, 4.69) is 9.88 Å². The van der Waals surface area contributed by atoms with Gasteiger partial charge < -0.3 is 24.5 Å². The zero-order valence-electron chi connectivity index (χ0n) is 17.9. The van der Waals surface area contributed by atoms with Crippen molar-refractivity contribution < 1.29 is 24.2 Å². The van der Waals surface area contributed by atoms with Crippen molar-refractivity contribution >= 4 is 35.4 Å². The minimum Gasteiger partial charge on any atom is -0.492 e. The maximum Gasteiger partial charge on any atom is 0.410 e. The molecule has 1 aliphatic heterocycles. The number of aromatic nitrogens is 1. The van der Waals surface area contributed by atoms with Gasteiger partial charge in [-0.2, -0.15) is 0 Å². The summed E-state index contributed by atoms with van der Waals surface area (Å²) in [4.78, 5) is 30.7. The molecule has 0 unspecified atom stereocenters. The molecule has 3 rings (SSSR count). The number of hydrogen-bond acceptors (Lipinski definition) is 5. The predicted molar refractivity (Wildman–Crippen MR) is 117 cm³/mol. The number of H-pyrrole nitrogens is 1. The molecule has 1 saturated heterocycles. The number of benzene rings is 1. The van der Waals surface area contributed by atoms with Crippen molar-refractivity contribution in [2.75, 3.05) is 39.3 Å². The molecular weight excluding hydrogens is 410 g/mol. The van der Waals surface area contributed by atoms with E-state index in [1.165, 1.54) is 0 Å². The van der Waals surface area contributed by atoms with Gasteiger partial charge in [-0.15, -0.1) is 12.4 Å². The van der Waals surface area contributed by atoms with Crippen LogP contribution in [0.1, 0.15) is 36.8 Å². The summed E-state index contributed by atoms with van der Waals surface area (Å²) < 4.78 is 11.3. The summed E-state index contributed by atoms with van der Waals surface area (Å²) >= 11 is 0. The summed E-state index contributed by atoms with van der Waals surface area (Å²) in [6.45, 7) is 11.4. The van der Waals surface area contributed by atoms with E-state index in [1.807, 2.05) is 32.9 Å².